The Morgan fingerprint density at radius 1 is 0.931 bits per heavy atom. The summed E-state index contributed by atoms with van der Waals surface area (Å²) in [5.74, 6) is -0.389. The van der Waals surface area contributed by atoms with Crippen molar-refractivity contribution >= 4 is 60.9 Å². The third kappa shape index (κ3) is 6.19. The molecule has 0 saturated carbocycles. The fourth-order valence-corrected chi connectivity index (χ4v) is 4.01. The van der Waals surface area contributed by atoms with Gasteiger partial charge < -0.3 is 5.32 Å². The first-order chi connectivity index (χ1) is 13.8. The molecule has 0 fully saturated rings. The van der Waals surface area contributed by atoms with Crippen molar-refractivity contribution in [2.45, 2.75) is 4.90 Å². The highest BCUT2D eigenvalue weighted by Crippen LogP contribution is 2.21. The van der Waals surface area contributed by atoms with Gasteiger partial charge in [-0.3, -0.25) is 9.52 Å². The van der Waals surface area contributed by atoms with E-state index in [4.69, 9.17) is 11.6 Å². The lowest BCUT2D eigenvalue weighted by molar-refractivity contribution is -0.111. The summed E-state index contributed by atoms with van der Waals surface area (Å²) in [5, 5.41) is 3.23. The summed E-state index contributed by atoms with van der Waals surface area (Å²) in [7, 11) is -3.79. The number of sulfonamides is 1. The molecule has 0 aliphatic carbocycles. The average molecular weight is 492 g/mol. The highest BCUT2D eigenvalue weighted by atomic mass is 79.9. The van der Waals surface area contributed by atoms with Crippen LogP contribution in [-0.4, -0.2) is 14.3 Å². The van der Waals surface area contributed by atoms with E-state index < -0.39 is 10.0 Å². The maximum absolute atomic E-state index is 12.6. The molecule has 0 aliphatic heterocycles. The van der Waals surface area contributed by atoms with Crippen molar-refractivity contribution < 1.29 is 13.2 Å². The number of carbonyl (C=O) groups excluding carboxylic acids is 1. The van der Waals surface area contributed by atoms with Crippen LogP contribution >= 0.6 is 27.5 Å². The average Bonchev–Trinajstić information content (AvgIpc) is 2.68. The van der Waals surface area contributed by atoms with Crippen LogP contribution in [0.1, 0.15) is 5.56 Å². The molecular weight excluding hydrogens is 476 g/mol. The summed E-state index contributed by atoms with van der Waals surface area (Å²) in [6.07, 6.45) is 2.98. The molecule has 2 N–H and O–H groups in total. The first kappa shape index (κ1) is 21.1. The fraction of sp³-hybridized carbons (Fsp3) is 0. The smallest absolute Gasteiger partial charge is 0.261 e. The maximum atomic E-state index is 12.6. The summed E-state index contributed by atoms with van der Waals surface area (Å²) < 4.78 is 28.6. The Hall–Kier alpha value is -2.61. The first-order valence-electron chi connectivity index (χ1n) is 8.45. The van der Waals surface area contributed by atoms with Gasteiger partial charge in [0.2, 0.25) is 5.91 Å². The van der Waals surface area contributed by atoms with Crippen molar-refractivity contribution in [3.63, 3.8) is 0 Å². The molecule has 29 heavy (non-hydrogen) atoms. The molecule has 1 amide bonds. The van der Waals surface area contributed by atoms with Crippen LogP contribution in [0.5, 0.6) is 0 Å². The third-order valence-electron chi connectivity index (χ3n) is 3.78. The van der Waals surface area contributed by atoms with Crippen molar-refractivity contribution in [3.05, 3.63) is 93.9 Å². The predicted molar refractivity (Wildman–Crippen MR) is 121 cm³/mol. The molecule has 0 aromatic heterocycles. The van der Waals surface area contributed by atoms with Crippen molar-refractivity contribution in [2.75, 3.05) is 10.0 Å². The quantitative estimate of drug-likeness (QED) is 0.444. The standard InChI is InChI=1S/C21H16BrClN2O3S/c22-16-8-10-18(11-9-16)25-29(27,28)20-6-2-5-19(14-20)24-21(26)12-7-15-3-1-4-17(23)13-15/h1-14,25H,(H,24,26). The van der Waals surface area contributed by atoms with Crippen LogP contribution in [0.2, 0.25) is 5.02 Å². The highest BCUT2D eigenvalue weighted by Gasteiger charge is 2.15. The van der Waals surface area contributed by atoms with Gasteiger partial charge in [-0.15, -0.1) is 0 Å². The summed E-state index contributed by atoms with van der Waals surface area (Å²) in [5.41, 5.74) is 1.58. The van der Waals surface area contributed by atoms with Crippen LogP contribution in [0, 0.1) is 0 Å². The zero-order valence-electron chi connectivity index (χ0n) is 15.0. The second-order valence-electron chi connectivity index (χ2n) is 6.02. The predicted octanol–water partition coefficient (Wildman–Crippen LogP) is 5.56. The Labute approximate surface area is 182 Å². The zero-order valence-corrected chi connectivity index (χ0v) is 18.1. The molecule has 148 valence electrons. The molecule has 3 rings (SSSR count). The van der Waals surface area contributed by atoms with Crippen LogP contribution < -0.4 is 10.0 Å². The Balaban J connectivity index is 1.71. The third-order valence-corrected chi connectivity index (χ3v) is 5.93. The lowest BCUT2D eigenvalue weighted by atomic mass is 10.2. The zero-order chi connectivity index (χ0) is 20.9. The van der Waals surface area contributed by atoms with Crippen LogP contribution in [-0.2, 0) is 14.8 Å². The van der Waals surface area contributed by atoms with Gasteiger partial charge in [0, 0.05) is 26.9 Å². The monoisotopic (exact) mass is 490 g/mol. The SMILES string of the molecule is O=C(C=Cc1cccc(Cl)c1)Nc1cccc(S(=O)(=O)Nc2ccc(Br)cc2)c1. The van der Waals surface area contributed by atoms with E-state index in [0.29, 0.717) is 16.4 Å². The molecule has 0 spiro atoms. The number of benzene rings is 3. The van der Waals surface area contributed by atoms with E-state index in [0.717, 1.165) is 10.0 Å². The molecule has 3 aromatic carbocycles. The fourth-order valence-electron chi connectivity index (χ4n) is 2.44. The minimum Gasteiger partial charge on any atom is -0.322 e. The molecule has 3 aromatic rings. The molecule has 0 bridgehead atoms. The number of hydrogen-bond donors (Lipinski definition) is 2. The molecular formula is C21H16BrClN2O3S. The normalized spacial score (nSPS) is 11.4. The summed E-state index contributed by atoms with van der Waals surface area (Å²) in [6, 6.07) is 19.9. The number of hydrogen-bond acceptors (Lipinski definition) is 3. The van der Waals surface area contributed by atoms with E-state index in [9.17, 15) is 13.2 Å². The van der Waals surface area contributed by atoms with E-state index in [1.807, 2.05) is 6.07 Å². The van der Waals surface area contributed by atoms with Crippen molar-refractivity contribution in [3.8, 4) is 0 Å². The van der Waals surface area contributed by atoms with Crippen molar-refractivity contribution in [1.29, 1.82) is 0 Å². The summed E-state index contributed by atoms with van der Waals surface area (Å²) in [4.78, 5) is 12.2. The van der Waals surface area contributed by atoms with Crippen LogP contribution in [0.15, 0.2) is 88.2 Å². The van der Waals surface area contributed by atoms with E-state index in [2.05, 4.69) is 26.0 Å². The molecule has 0 saturated heterocycles. The minimum absolute atomic E-state index is 0.0389. The Morgan fingerprint density at radius 3 is 2.38 bits per heavy atom. The van der Waals surface area contributed by atoms with Gasteiger partial charge in [-0.05, 0) is 66.2 Å². The van der Waals surface area contributed by atoms with E-state index in [-0.39, 0.29) is 10.8 Å². The minimum atomic E-state index is -3.79. The van der Waals surface area contributed by atoms with Crippen LogP contribution in [0.25, 0.3) is 6.08 Å². The lowest BCUT2D eigenvalue weighted by Crippen LogP contribution is -2.14. The van der Waals surface area contributed by atoms with Gasteiger partial charge >= 0.3 is 0 Å². The van der Waals surface area contributed by atoms with Gasteiger partial charge in [0.05, 0.1) is 4.90 Å². The van der Waals surface area contributed by atoms with Crippen LogP contribution in [0.3, 0.4) is 0 Å². The van der Waals surface area contributed by atoms with Crippen molar-refractivity contribution in [1.82, 2.24) is 0 Å². The molecule has 8 heteroatoms. The maximum Gasteiger partial charge on any atom is 0.261 e. The van der Waals surface area contributed by atoms with Gasteiger partial charge in [0.25, 0.3) is 10.0 Å². The molecule has 0 heterocycles. The molecule has 5 nitrogen and oxygen atoms in total. The van der Waals surface area contributed by atoms with Gasteiger partial charge in [-0.2, -0.15) is 0 Å². The molecule has 0 aliphatic rings. The molecule has 0 atom stereocenters. The van der Waals surface area contributed by atoms with Gasteiger partial charge in [0.15, 0.2) is 0 Å². The lowest BCUT2D eigenvalue weighted by Gasteiger charge is -2.10. The molecule has 0 unspecified atom stereocenters. The van der Waals surface area contributed by atoms with Crippen molar-refractivity contribution in [2.24, 2.45) is 0 Å². The van der Waals surface area contributed by atoms with E-state index >= 15 is 0 Å². The number of carbonyl (C=O) groups is 1. The number of rotatable bonds is 6. The number of amides is 1. The largest absolute Gasteiger partial charge is 0.322 e. The Bertz CT molecular complexity index is 1160. The summed E-state index contributed by atoms with van der Waals surface area (Å²) >= 11 is 9.22. The van der Waals surface area contributed by atoms with Crippen LogP contribution in [0.4, 0.5) is 11.4 Å². The second-order valence-corrected chi connectivity index (χ2v) is 9.05. The highest BCUT2D eigenvalue weighted by molar-refractivity contribution is 9.10. The van der Waals surface area contributed by atoms with Gasteiger partial charge in [-0.1, -0.05) is 45.7 Å². The van der Waals surface area contributed by atoms with E-state index in [1.54, 1.807) is 60.7 Å². The Morgan fingerprint density at radius 2 is 1.66 bits per heavy atom. The Kier molecular flexibility index (Phi) is 6.74. The topological polar surface area (TPSA) is 75.3 Å². The number of anilines is 2. The summed E-state index contributed by atoms with van der Waals surface area (Å²) in [6.45, 7) is 0. The molecule has 0 radical (unpaired) electrons. The van der Waals surface area contributed by atoms with E-state index in [1.165, 1.54) is 18.2 Å². The van der Waals surface area contributed by atoms with Gasteiger partial charge in [0.1, 0.15) is 0 Å². The number of halogens is 2. The second kappa shape index (κ2) is 9.26. The van der Waals surface area contributed by atoms with Gasteiger partial charge in [-0.25, -0.2) is 8.42 Å². The first-order valence-corrected chi connectivity index (χ1v) is 11.1. The number of nitrogens with one attached hydrogen (secondary N) is 2.